The lowest BCUT2D eigenvalue weighted by molar-refractivity contribution is -0.384. The van der Waals surface area contributed by atoms with Crippen LogP contribution in [0.4, 0.5) is 10.5 Å². The van der Waals surface area contributed by atoms with Crippen LogP contribution >= 0.6 is 0 Å². The summed E-state index contributed by atoms with van der Waals surface area (Å²) in [4.78, 5) is 73.0. The van der Waals surface area contributed by atoms with Crippen molar-refractivity contribution < 1.29 is 38.3 Å². The topological polar surface area (TPSA) is 179 Å². The molecule has 3 amide bonds. The number of esters is 1. The summed E-state index contributed by atoms with van der Waals surface area (Å²) in [5.74, 6) is -1.88. The first-order valence-electron chi connectivity index (χ1n) is 19.0. The summed E-state index contributed by atoms with van der Waals surface area (Å²) in [6.45, 7) is 10.8. The number of hydrogen-bond acceptors (Lipinski definition) is 10. The van der Waals surface area contributed by atoms with Crippen LogP contribution in [0.5, 0.6) is 5.75 Å². The van der Waals surface area contributed by atoms with Gasteiger partial charge in [0.05, 0.1) is 29.3 Å². The van der Waals surface area contributed by atoms with Crippen molar-refractivity contribution in [3.8, 4) is 17.0 Å². The van der Waals surface area contributed by atoms with Crippen molar-refractivity contribution in [3.05, 3.63) is 77.4 Å². The third-order valence-electron chi connectivity index (χ3n) is 10.5. The van der Waals surface area contributed by atoms with Crippen LogP contribution in [-0.2, 0) is 23.9 Å². The fourth-order valence-electron chi connectivity index (χ4n) is 7.73. The number of hydrogen-bond donors (Lipinski definition) is 2. The maximum Gasteiger partial charge on any atom is 0.408 e. The zero-order chi connectivity index (χ0) is 39.5. The summed E-state index contributed by atoms with van der Waals surface area (Å²) in [6.07, 6.45) is 4.61. The normalized spacial score (nSPS) is 23.0. The minimum Gasteiger partial charge on any atom is -0.488 e. The Morgan fingerprint density at radius 3 is 2.45 bits per heavy atom. The molecule has 1 aliphatic heterocycles. The van der Waals surface area contributed by atoms with Gasteiger partial charge in [-0.3, -0.25) is 19.7 Å². The van der Waals surface area contributed by atoms with Gasteiger partial charge in [-0.15, -0.1) is 6.58 Å². The van der Waals surface area contributed by atoms with Gasteiger partial charge in [-0.2, -0.15) is 0 Å². The average molecular weight is 756 g/mol. The van der Waals surface area contributed by atoms with Gasteiger partial charge < -0.3 is 29.7 Å². The molecule has 1 aromatic heterocycles. The second-order valence-electron chi connectivity index (χ2n) is 15.6. The highest BCUT2D eigenvalue weighted by molar-refractivity contribution is 5.97. The highest BCUT2D eigenvalue weighted by Crippen LogP contribution is 2.46. The van der Waals surface area contributed by atoms with Crippen molar-refractivity contribution in [1.29, 1.82) is 0 Å². The molecule has 0 spiro atoms. The molecule has 2 N–H and O–H groups in total. The number of rotatable bonds is 12. The summed E-state index contributed by atoms with van der Waals surface area (Å²) in [7, 11) is 0. The van der Waals surface area contributed by atoms with E-state index in [-0.39, 0.29) is 37.1 Å². The summed E-state index contributed by atoms with van der Waals surface area (Å²) in [5.41, 5.74) is -0.458. The van der Waals surface area contributed by atoms with Crippen LogP contribution in [0, 0.1) is 22.0 Å². The maximum atomic E-state index is 14.8. The first kappa shape index (κ1) is 39.2. The van der Waals surface area contributed by atoms with Crippen molar-refractivity contribution in [2.24, 2.45) is 11.8 Å². The van der Waals surface area contributed by atoms with Gasteiger partial charge in [0.15, 0.2) is 0 Å². The maximum absolute atomic E-state index is 14.8. The van der Waals surface area contributed by atoms with Gasteiger partial charge in [0.25, 0.3) is 5.69 Å². The number of pyridine rings is 1. The van der Waals surface area contributed by atoms with Crippen LogP contribution in [0.15, 0.2) is 67.3 Å². The predicted molar refractivity (Wildman–Crippen MR) is 204 cm³/mol. The number of alkyl carbamates (subject to hydrolysis) is 1. The van der Waals surface area contributed by atoms with Gasteiger partial charge in [-0.05, 0) is 58.9 Å². The minimum atomic E-state index is -1.31. The number of amides is 3. The van der Waals surface area contributed by atoms with Crippen molar-refractivity contribution >= 4 is 40.5 Å². The molecule has 55 heavy (non-hydrogen) atoms. The Bertz CT molecular complexity index is 1960. The van der Waals surface area contributed by atoms with Crippen LogP contribution in [0.1, 0.15) is 72.6 Å². The highest BCUT2D eigenvalue weighted by atomic mass is 16.6. The largest absolute Gasteiger partial charge is 0.488 e. The second-order valence-corrected chi connectivity index (χ2v) is 15.6. The molecule has 1 saturated heterocycles. The molecule has 5 atom stereocenters. The lowest BCUT2D eigenvalue weighted by Gasteiger charge is -2.35. The number of nitro groups is 1. The van der Waals surface area contributed by atoms with E-state index in [0.29, 0.717) is 41.6 Å². The fourth-order valence-corrected chi connectivity index (χ4v) is 7.73. The van der Waals surface area contributed by atoms with E-state index in [1.54, 1.807) is 45.9 Å². The molecule has 0 radical (unpaired) electrons. The molecule has 6 rings (SSSR count). The van der Waals surface area contributed by atoms with E-state index < -0.39 is 58.1 Å². The molecular weight excluding hydrogens is 706 g/mol. The predicted octanol–water partition coefficient (Wildman–Crippen LogP) is 6.26. The lowest BCUT2D eigenvalue weighted by atomic mass is 9.83. The number of carbonyl (C=O) groups excluding carboxylic acids is 4. The number of nitrogens with zero attached hydrogens (tertiary/aromatic N) is 3. The van der Waals surface area contributed by atoms with Crippen molar-refractivity contribution in [1.82, 2.24) is 20.5 Å². The van der Waals surface area contributed by atoms with E-state index in [9.17, 15) is 29.3 Å². The molecule has 2 heterocycles. The summed E-state index contributed by atoms with van der Waals surface area (Å²) in [6, 6.07) is 13.3. The minimum absolute atomic E-state index is 0.0263. The summed E-state index contributed by atoms with van der Waals surface area (Å²) in [5, 5.41) is 17.9. The number of fused-ring (bicyclic) bond motifs is 1. The molecule has 14 heteroatoms. The number of likely N-dealkylation sites (tertiary alicyclic amines) is 1. The van der Waals surface area contributed by atoms with Crippen molar-refractivity contribution in [3.63, 3.8) is 0 Å². The molecule has 2 unspecified atom stereocenters. The molecule has 2 aromatic carbocycles. The number of benzene rings is 2. The Morgan fingerprint density at radius 1 is 1.09 bits per heavy atom. The standard InChI is InChI=1S/C41H49N5O9/c1-6-27-23-41(27,38(49)53-7-2)44-36(47)33-21-29(24-45(33)37(48)35(26-16-12-9-13-17-26)43-39(50)55-40(3,4)5)54-34-22-32(25-14-10-8-11-15-25)42-31-19-18-28(46(51)52)20-30(31)34/h6,8,10-11,14-15,18-20,22,26-27,29,33,35H,1,7,9,12-13,16-17,21,23-24H2,2-5H3,(H,43,50)(H,44,47)/t27?,29?,33-,35-,41+/m0/s1. The zero-order valence-electron chi connectivity index (χ0n) is 31.7. The van der Waals surface area contributed by atoms with Crippen molar-refractivity contribution in [2.75, 3.05) is 13.2 Å². The van der Waals surface area contributed by atoms with E-state index >= 15 is 0 Å². The van der Waals surface area contributed by atoms with Gasteiger partial charge in [0.1, 0.15) is 35.1 Å². The first-order valence-corrected chi connectivity index (χ1v) is 19.0. The third kappa shape index (κ3) is 8.73. The van der Waals surface area contributed by atoms with E-state index in [1.807, 2.05) is 30.3 Å². The number of carbonyl (C=O) groups is 4. The zero-order valence-corrected chi connectivity index (χ0v) is 31.7. The molecule has 3 aromatic rings. The number of aromatic nitrogens is 1. The lowest BCUT2D eigenvalue weighted by Crippen LogP contribution is -2.58. The van der Waals surface area contributed by atoms with Gasteiger partial charge in [0, 0.05) is 41.5 Å². The Labute approximate surface area is 320 Å². The van der Waals surface area contributed by atoms with E-state index in [1.165, 1.54) is 17.0 Å². The molecule has 3 fully saturated rings. The van der Waals surface area contributed by atoms with Crippen LogP contribution in [0.3, 0.4) is 0 Å². The Hall–Kier alpha value is -5.53. The van der Waals surface area contributed by atoms with Gasteiger partial charge >= 0.3 is 12.1 Å². The number of nitrogens with one attached hydrogen (secondary N) is 2. The van der Waals surface area contributed by atoms with Crippen LogP contribution in [-0.4, -0.2) is 81.2 Å². The van der Waals surface area contributed by atoms with Gasteiger partial charge in [-0.1, -0.05) is 55.7 Å². The third-order valence-corrected chi connectivity index (χ3v) is 10.5. The Morgan fingerprint density at radius 2 is 1.82 bits per heavy atom. The summed E-state index contributed by atoms with van der Waals surface area (Å²) < 4.78 is 17.5. The molecule has 2 saturated carbocycles. The molecule has 2 aliphatic carbocycles. The smallest absolute Gasteiger partial charge is 0.408 e. The quantitative estimate of drug-likeness (QED) is 0.0928. The van der Waals surface area contributed by atoms with Gasteiger partial charge in [0.2, 0.25) is 11.8 Å². The van der Waals surface area contributed by atoms with E-state index in [2.05, 4.69) is 17.2 Å². The Balaban J connectivity index is 1.37. The van der Waals surface area contributed by atoms with Crippen LogP contribution in [0.25, 0.3) is 22.2 Å². The molecule has 14 nitrogen and oxygen atoms in total. The van der Waals surface area contributed by atoms with Crippen molar-refractivity contribution in [2.45, 2.75) is 102 Å². The summed E-state index contributed by atoms with van der Waals surface area (Å²) >= 11 is 0. The molecule has 3 aliphatic rings. The fraction of sp³-hybridized carbons (Fsp3) is 0.488. The first-order chi connectivity index (χ1) is 26.2. The van der Waals surface area contributed by atoms with E-state index in [0.717, 1.165) is 24.8 Å². The molecular formula is C41H49N5O9. The molecule has 292 valence electrons. The van der Waals surface area contributed by atoms with E-state index in [4.69, 9.17) is 19.2 Å². The number of nitro benzene ring substituents is 1. The van der Waals surface area contributed by atoms with Crippen LogP contribution < -0.4 is 15.4 Å². The van der Waals surface area contributed by atoms with Crippen LogP contribution in [0.2, 0.25) is 0 Å². The SMILES string of the molecule is C=CC1C[C@]1(NC(=O)[C@@H]1CC(Oc2cc(-c3ccccc3)nc3ccc([N+](=O)[O-])cc23)CN1C(=O)[C@@H](NC(=O)OC(C)(C)C)C1CCCCC1)C(=O)OCC. The van der Waals surface area contributed by atoms with Gasteiger partial charge in [-0.25, -0.2) is 14.6 Å². The highest BCUT2D eigenvalue weighted by Gasteiger charge is 2.62. The number of ether oxygens (including phenoxy) is 3. The molecule has 0 bridgehead atoms. The second kappa shape index (κ2) is 16.1. The number of non-ortho nitro benzene ring substituents is 1. The monoisotopic (exact) mass is 755 g/mol. The Kier molecular flexibility index (Phi) is 11.4. The average Bonchev–Trinajstić information content (AvgIpc) is 3.72.